The van der Waals surface area contributed by atoms with Gasteiger partial charge in [0.1, 0.15) is 0 Å². The van der Waals surface area contributed by atoms with Gasteiger partial charge >= 0.3 is 95.2 Å². The molecule has 0 heterocycles. The molecule has 0 aliphatic carbocycles. The molecule has 0 rings (SSSR count). The van der Waals surface area contributed by atoms with Crippen LogP contribution in [0.25, 0.3) is 0 Å². The van der Waals surface area contributed by atoms with Gasteiger partial charge in [-0.05, 0) is 37.1 Å². The van der Waals surface area contributed by atoms with Gasteiger partial charge in [-0.3, -0.25) is 0 Å². The fourth-order valence-corrected chi connectivity index (χ4v) is 7.25. The predicted octanol–water partition coefficient (Wildman–Crippen LogP) is -0.983. The Kier molecular flexibility index (Phi) is 26.6. The van der Waals surface area contributed by atoms with E-state index in [1.807, 2.05) is 0 Å². The van der Waals surface area contributed by atoms with Gasteiger partial charge in [-0.1, -0.05) is 0 Å². The molecule has 0 spiro atoms. The average Bonchev–Trinajstić information content (AvgIpc) is 2.66. The van der Waals surface area contributed by atoms with E-state index >= 15 is 0 Å². The summed E-state index contributed by atoms with van der Waals surface area (Å²) in [4.78, 5) is 38.8. The molecule has 0 N–H and O–H groups in total. The van der Waals surface area contributed by atoms with Gasteiger partial charge in [0.15, 0.2) is 0 Å². The summed E-state index contributed by atoms with van der Waals surface area (Å²) in [6.07, 6.45) is 12.8. The molecule has 31 heavy (non-hydrogen) atoms. The maximum absolute atomic E-state index is 9.76. The summed E-state index contributed by atoms with van der Waals surface area (Å²) < 4.78 is 3.38. The summed E-state index contributed by atoms with van der Waals surface area (Å²) in [5.41, 5.74) is -0.704. The van der Waals surface area contributed by atoms with Crippen molar-refractivity contribution in [2.24, 2.45) is 0 Å². The third kappa shape index (κ3) is 33.0. The Morgan fingerprint density at radius 1 is 0.613 bits per heavy atom. The minimum atomic E-state index is -1.53. The molecule has 8 nitrogen and oxygen atoms in total. The second-order valence-corrected chi connectivity index (χ2v) is 13.1. The Bertz CT molecular complexity index is 532. The van der Waals surface area contributed by atoms with Crippen LogP contribution >= 0.6 is 0 Å². The predicted molar refractivity (Wildman–Crippen MR) is 114 cm³/mol. The summed E-state index contributed by atoms with van der Waals surface area (Å²) in [5, 5.41) is 38.8. The molecule has 0 amide bonds. The van der Waals surface area contributed by atoms with E-state index in [1.165, 1.54) is 38.5 Å². The van der Waals surface area contributed by atoms with Crippen molar-refractivity contribution < 1.29 is 39.6 Å². The molecule has 0 fully saturated rings. The van der Waals surface area contributed by atoms with E-state index < -0.39 is 23.9 Å². The van der Waals surface area contributed by atoms with Crippen LogP contribution in [0, 0.1) is 0 Å². The normalized spacial score (nSPS) is 10.8. The van der Waals surface area contributed by atoms with Crippen molar-refractivity contribution in [3.05, 3.63) is 23.3 Å². The van der Waals surface area contributed by atoms with E-state index in [-0.39, 0.29) is 32.3 Å². The van der Waals surface area contributed by atoms with Crippen molar-refractivity contribution in [1.82, 2.24) is 0 Å². The molecule has 0 saturated carbocycles. The topological polar surface area (TPSA) is 161 Å². The molecule has 0 aliphatic rings. The Balaban J connectivity index is -0.000000390. The fourth-order valence-electron chi connectivity index (χ4n) is 2.21. The van der Waals surface area contributed by atoms with Crippen molar-refractivity contribution >= 4 is 45.0 Å². The first-order chi connectivity index (χ1) is 14.5. The quantitative estimate of drug-likeness (QED) is 0.152. The zero-order valence-corrected chi connectivity index (χ0v) is 23.2. The first kappa shape index (κ1) is 33.8. The summed E-state index contributed by atoms with van der Waals surface area (Å²) in [7, 11) is 0. The second kappa shape index (κ2) is 24.4. The van der Waals surface area contributed by atoms with Gasteiger partial charge in [-0.25, -0.2) is 0 Å². The number of aliphatic carboxylic acids is 4. The number of hydrogen-bond acceptors (Lipinski definition) is 8. The Hall–Kier alpha value is -1.84. The molecule has 0 aromatic heterocycles. The van der Waals surface area contributed by atoms with Crippen LogP contribution in [0.15, 0.2) is 23.3 Å². The van der Waals surface area contributed by atoms with Crippen LogP contribution in [-0.2, 0) is 19.2 Å². The fraction of sp³-hybridized carbons (Fsp3) is 0.636. The van der Waals surface area contributed by atoms with Gasteiger partial charge in [0.05, 0.1) is 23.9 Å². The van der Waals surface area contributed by atoms with Crippen LogP contribution in [0.1, 0.15) is 79.1 Å². The number of unbranched alkanes of at least 4 members (excludes halogenated alkanes) is 6. The van der Waals surface area contributed by atoms with Gasteiger partial charge in [0, 0.05) is 0 Å². The van der Waals surface area contributed by atoms with Crippen LogP contribution in [0.2, 0.25) is 8.87 Å². The van der Waals surface area contributed by atoms with E-state index in [9.17, 15) is 39.6 Å². The standard InChI is InChI=1S/2C6H13.2C5H6O4.Sn.2H/c2*1-3-5-6-4-2;2*1-3(5(8)9)2-4(6)7;;;/h2*1,3-6H2,2H3;2*2H,1H3,(H,6,7)(H,8,9);;;/q;;;;+4;;/p-4/b;;2*3-2-;;;. The third-order valence-corrected chi connectivity index (χ3v) is 9.73. The molecule has 0 aliphatic heterocycles. The first-order valence-corrected chi connectivity index (χ1v) is 16.4. The Morgan fingerprint density at radius 3 is 1.13 bits per heavy atom. The van der Waals surface area contributed by atoms with Crippen LogP contribution < -0.4 is 20.4 Å². The van der Waals surface area contributed by atoms with E-state index in [1.54, 1.807) is 21.7 Å². The van der Waals surface area contributed by atoms with Crippen LogP contribution in [0.5, 0.6) is 0 Å². The SMILES string of the molecule is C/C(=C/C(=O)[O-])C(=O)[O-].C/C(=C/C(=O)[O-])C(=O)[O-].CCCCC[CH2][SnH2+4][CH2]CCCCC. The molecule has 0 saturated heterocycles. The van der Waals surface area contributed by atoms with E-state index in [0.717, 1.165) is 13.8 Å². The Labute approximate surface area is 195 Å². The molecule has 176 valence electrons. The number of carbonyl (C=O) groups is 4. The molecule has 0 atom stereocenters. The number of hydrogen-bond donors (Lipinski definition) is 0. The molecular formula is C22H36O8Sn. The third-order valence-electron chi connectivity index (χ3n) is 4.02. The number of rotatable bonds is 14. The van der Waals surface area contributed by atoms with Crippen molar-refractivity contribution in [1.29, 1.82) is 0 Å². The van der Waals surface area contributed by atoms with Crippen molar-refractivity contribution in [2.75, 3.05) is 0 Å². The maximum atomic E-state index is 9.76. The zero-order valence-electron chi connectivity index (χ0n) is 19.2. The van der Waals surface area contributed by atoms with Gasteiger partial charge in [0.25, 0.3) is 0 Å². The van der Waals surface area contributed by atoms with E-state index in [0.29, 0.717) is 12.2 Å². The van der Waals surface area contributed by atoms with Crippen molar-refractivity contribution in [2.45, 2.75) is 87.9 Å². The molecule has 0 aromatic rings. The van der Waals surface area contributed by atoms with Crippen LogP contribution in [0.3, 0.4) is 0 Å². The number of carboxylic acids is 4. The van der Waals surface area contributed by atoms with Crippen LogP contribution in [-0.4, -0.2) is 45.0 Å². The number of carboxylic acid groups (broad SMARTS) is 4. The van der Waals surface area contributed by atoms with Gasteiger partial charge in [-0.2, -0.15) is 0 Å². The van der Waals surface area contributed by atoms with Crippen molar-refractivity contribution in [3.63, 3.8) is 0 Å². The summed E-state index contributed by atoms with van der Waals surface area (Å²) in [5.74, 6) is -6.06. The molecular weight excluding hydrogens is 511 g/mol. The average molecular weight is 547 g/mol. The van der Waals surface area contributed by atoms with Gasteiger partial charge in [0.2, 0.25) is 0 Å². The zero-order chi connectivity index (χ0) is 24.7. The van der Waals surface area contributed by atoms with Crippen LogP contribution in [0.4, 0.5) is 0 Å². The molecule has 0 bridgehead atoms. The molecule has 9 heteroatoms. The molecule has 4 radical (unpaired) electrons. The van der Waals surface area contributed by atoms with Gasteiger partial charge in [-0.15, -0.1) is 0 Å². The second-order valence-electron chi connectivity index (χ2n) is 7.05. The van der Waals surface area contributed by atoms with E-state index in [2.05, 4.69) is 13.8 Å². The minimum absolute atomic E-state index is 0.220. The van der Waals surface area contributed by atoms with Gasteiger partial charge < -0.3 is 39.6 Å². The summed E-state index contributed by atoms with van der Waals surface area (Å²) in [6, 6.07) is 0. The molecule has 0 aromatic carbocycles. The monoisotopic (exact) mass is 548 g/mol. The summed E-state index contributed by atoms with van der Waals surface area (Å²) >= 11 is -0.220. The summed E-state index contributed by atoms with van der Waals surface area (Å²) in [6.45, 7) is 6.83. The number of carbonyl (C=O) groups excluding carboxylic acids is 4. The first-order valence-electron chi connectivity index (χ1n) is 10.7. The van der Waals surface area contributed by atoms with E-state index in [4.69, 9.17) is 0 Å². The Morgan fingerprint density at radius 2 is 0.935 bits per heavy atom. The van der Waals surface area contributed by atoms with Crippen molar-refractivity contribution in [3.8, 4) is 0 Å². The molecule has 0 unspecified atom stereocenters.